The largest absolute Gasteiger partial charge is 0.329 e. The second kappa shape index (κ2) is 4.50. The van der Waals surface area contributed by atoms with Crippen LogP contribution in [0.4, 0.5) is 13.6 Å². The van der Waals surface area contributed by atoms with E-state index < -0.39 is 29.2 Å². The Kier molecular flexibility index (Phi) is 3.14. The van der Waals surface area contributed by atoms with E-state index in [0.29, 0.717) is 0 Å². The van der Waals surface area contributed by atoms with Crippen molar-refractivity contribution in [2.24, 2.45) is 0 Å². The standard InChI is InChI=1S/C13H13F2N3O/c1-13(2,7-16)18-6-11(17-12(18)19)9-4-3-8(14)5-10(9)15/h3-5,11H,6H2,1-2H3,(H,17,19). The van der Waals surface area contributed by atoms with E-state index in [2.05, 4.69) is 5.32 Å². The third kappa shape index (κ3) is 2.36. The molecule has 2 rings (SSSR count). The van der Waals surface area contributed by atoms with Gasteiger partial charge >= 0.3 is 6.03 Å². The van der Waals surface area contributed by atoms with E-state index in [4.69, 9.17) is 5.26 Å². The average Bonchev–Trinajstić information content (AvgIpc) is 2.72. The number of amides is 2. The monoisotopic (exact) mass is 265 g/mol. The van der Waals surface area contributed by atoms with Gasteiger partial charge in [0.05, 0.1) is 12.1 Å². The number of rotatable bonds is 2. The molecule has 19 heavy (non-hydrogen) atoms. The molecule has 0 bridgehead atoms. The SMILES string of the molecule is CC(C)(C#N)N1CC(c2ccc(F)cc2F)NC1=O. The van der Waals surface area contributed by atoms with E-state index in [9.17, 15) is 13.6 Å². The minimum Gasteiger partial charge on any atom is -0.329 e. The number of carbonyl (C=O) groups is 1. The van der Waals surface area contributed by atoms with Crippen LogP contribution >= 0.6 is 0 Å². The molecule has 1 aromatic rings. The third-order valence-electron chi connectivity index (χ3n) is 3.19. The number of urea groups is 1. The van der Waals surface area contributed by atoms with E-state index in [1.54, 1.807) is 13.8 Å². The zero-order valence-electron chi connectivity index (χ0n) is 10.6. The summed E-state index contributed by atoms with van der Waals surface area (Å²) in [5.41, 5.74) is -0.763. The highest BCUT2D eigenvalue weighted by Gasteiger charge is 2.39. The molecule has 100 valence electrons. The molecule has 1 heterocycles. The van der Waals surface area contributed by atoms with Crippen LogP contribution in [-0.2, 0) is 0 Å². The lowest BCUT2D eigenvalue weighted by Gasteiger charge is -2.27. The van der Waals surface area contributed by atoms with Crippen molar-refractivity contribution in [2.75, 3.05) is 6.54 Å². The number of carbonyl (C=O) groups excluding carboxylic acids is 1. The van der Waals surface area contributed by atoms with Gasteiger partial charge in [-0.05, 0) is 19.9 Å². The molecule has 2 amide bonds. The lowest BCUT2D eigenvalue weighted by molar-refractivity contribution is 0.186. The molecule has 1 atom stereocenters. The maximum Gasteiger partial charge on any atom is 0.319 e. The van der Waals surface area contributed by atoms with Crippen LogP contribution in [0.3, 0.4) is 0 Å². The number of benzene rings is 1. The van der Waals surface area contributed by atoms with Crippen LogP contribution in [0.25, 0.3) is 0 Å². The normalized spacial score (nSPS) is 19.2. The van der Waals surface area contributed by atoms with Crippen LogP contribution in [0.15, 0.2) is 18.2 Å². The topological polar surface area (TPSA) is 56.1 Å². The molecule has 1 aliphatic rings. The Bertz CT molecular complexity index is 565. The Hall–Kier alpha value is -2.16. The number of hydrogen-bond acceptors (Lipinski definition) is 2. The molecule has 1 fully saturated rings. The molecular formula is C13H13F2N3O. The summed E-state index contributed by atoms with van der Waals surface area (Å²) in [5, 5.41) is 11.6. The first-order chi connectivity index (χ1) is 8.85. The van der Waals surface area contributed by atoms with Crippen LogP contribution in [0.5, 0.6) is 0 Å². The minimum absolute atomic E-state index is 0.169. The highest BCUT2D eigenvalue weighted by atomic mass is 19.1. The van der Waals surface area contributed by atoms with Crippen LogP contribution in [0, 0.1) is 23.0 Å². The maximum atomic E-state index is 13.7. The molecule has 0 aliphatic carbocycles. The summed E-state index contributed by atoms with van der Waals surface area (Å²) in [6.07, 6.45) is 0. The fourth-order valence-electron chi connectivity index (χ4n) is 2.04. The first-order valence-electron chi connectivity index (χ1n) is 5.79. The molecule has 0 saturated carbocycles. The Morgan fingerprint density at radius 1 is 1.47 bits per heavy atom. The van der Waals surface area contributed by atoms with Gasteiger partial charge in [-0.25, -0.2) is 13.6 Å². The predicted octanol–water partition coefficient (Wildman–Crippen LogP) is 2.33. The lowest BCUT2D eigenvalue weighted by Crippen LogP contribution is -2.44. The highest BCUT2D eigenvalue weighted by Crippen LogP contribution is 2.27. The second-order valence-electron chi connectivity index (χ2n) is 4.95. The molecule has 6 heteroatoms. The molecular weight excluding hydrogens is 252 g/mol. The van der Waals surface area contributed by atoms with Crippen molar-refractivity contribution >= 4 is 6.03 Å². The van der Waals surface area contributed by atoms with Crippen molar-refractivity contribution < 1.29 is 13.6 Å². The smallest absolute Gasteiger partial charge is 0.319 e. The van der Waals surface area contributed by atoms with Gasteiger partial charge in [0, 0.05) is 18.2 Å². The fraction of sp³-hybridized carbons (Fsp3) is 0.385. The van der Waals surface area contributed by atoms with E-state index in [1.165, 1.54) is 11.0 Å². The number of hydrogen-bond donors (Lipinski definition) is 1. The fourth-order valence-corrected chi connectivity index (χ4v) is 2.04. The van der Waals surface area contributed by atoms with Gasteiger partial charge in [0.2, 0.25) is 0 Å². The Morgan fingerprint density at radius 3 is 2.74 bits per heavy atom. The van der Waals surface area contributed by atoms with Gasteiger partial charge in [0.1, 0.15) is 17.2 Å². The summed E-state index contributed by atoms with van der Waals surface area (Å²) < 4.78 is 26.5. The quantitative estimate of drug-likeness (QED) is 0.892. The Labute approximate surface area is 109 Å². The molecule has 0 spiro atoms. The lowest BCUT2D eigenvalue weighted by atomic mass is 10.0. The minimum atomic E-state index is -0.977. The molecule has 1 unspecified atom stereocenters. The van der Waals surface area contributed by atoms with Gasteiger partial charge in [0.25, 0.3) is 0 Å². The van der Waals surface area contributed by atoms with Crippen LogP contribution in [0.1, 0.15) is 25.5 Å². The van der Waals surface area contributed by atoms with E-state index >= 15 is 0 Å². The Balaban J connectivity index is 2.27. The predicted molar refractivity (Wildman–Crippen MR) is 64.0 cm³/mol. The summed E-state index contributed by atoms with van der Waals surface area (Å²) in [7, 11) is 0. The summed E-state index contributed by atoms with van der Waals surface area (Å²) in [4.78, 5) is 13.1. The molecule has 0 aromatic heterocycles. The summed E-state index contributed by atoms with van der Waals surface area (Å²) in [6, 6.07) is 4.23. The van der Waals surface area contributed by atoms with Gasteiger partial charge in [-0.1, -0.05) is 6.07 Å². The van der Waals surface area contributed by atoms with Gasteiger partial charge in [0.15, 0.2) is 0 Å². The first kappa shape index (κ1) is 13.3. The summed E-state index contributed by atoms with van der Waals surface area (Å²) in [6.45, 7) is 3.38. The van der Waals surface area contributed by atoms with Crippen molar-refractivity contribution in [3.8, 4) is 6.07 Å². The Morgan fingerprint density at radius 2 is 2.16 bits per heavy atom. The van der Waals surface area contributed by atoms with Crippen molar-refractivity contribution in [1.29, 1.82) is 5.26 Å². The molecule has 1 aromatic carbocycles. The number of nitrogens with zero attached hydrogens (tertiary/aromatic N) is 2. The molecule has 4 nitrogen and oxygen atoms in total. The van der Waals surface area contributed by atoms with Crippen molar-refractivity contribution in [2.45, 2.75) is 25.4 Å². The second-order valence-corrected chi connectivity index (χ2v) is 4.95. The van der Waals surface area contributed by atoms with E-state index in [-0.39, 0.29) is 12.1 Å². The van der Waals surface area contributed by atoms with E-state index in [1.807, 2.05) is 6.07 Å². The van der Waals surface area contributed by atoms with Gasteiger partial charge in [-0.2, -0.15) is 5.26 Å². The molecule has 1 N–H and O–H groups in total. The van der Waals surface area contributed by atoms with Gasteiger partial charge < -0.3 is 10.2 Å². The zero-order chi connectivity index (χ0) is 14.2. The third-order valence-corrected chi connectivity index (χ3v) is 3.19. The van der Waals surface area contributed by atoms with Crippen LogP contribution in [-0.4, -0.2) is 23.0 Å². The molecule has 1 aliphatic heterocycles. The summed E-state index contributed by atoms with van der Waals surface area (Å²) in [5.74, 6) is -1.37. The van der Waals surface area contributed by atoms with Crippen molar-refractivity contribution in [3.63, 3.8) is 0 Å². The molecule has 1 saturated heterocycles. The van der Waals surface area contributed by atoms with Crippen molar-refractivity contribution in [1.82, 2.24) is 10.2 Å². The zero-order valence-corrected chi connectivity index (χ0v) is 10.6. The van der Waals surface area contributed by atoms with Crippen LogP contribution in [0.2, 0.25) is 0 Å². The highest BCUT2D eigenvalue weighted by molar-refractivity contribution is 5.78. The van der Waals surface area contributed by atoms with Gasteiger partial charge in [-0.3, -0.25) is 0 Å². The number of halogens is 2. The average molecular weight is 265 g/mol. The number of nitriles is 1. The molecule has 0 radical (unpaired) electrons. The first-order valence-corrected chi connectivity index (χ1v) is 5.79. The maximum absolute atomic E-state index is 13.7. The number of nitrogens with one attached hydrogen (secondary N) is 1. The van der Waals surface area contributed by atoms with Gasteiger partial charge in [-0.15, -0.1) is 0 Å². The van der Waals surface area contributed by atoms with Crippen LogP contribution < -0.4 is 5.32 Å². The summed E-state index contributed by atoms with van der Waals surface area (Å²) >= 11 is 0. The van der Waals surface area contributed by atoms with E-state index in [0.717, 1.165) is 12.1 Å². The van der Waals surface area contributed by atoms with Crippen molar-refractivity contribution in [3.05, 3.63) is 35.4 Å².